The molecule has 0 radical (unpaired) electrons. The number of para-hydroxylation sites is 1. The number of carbonyl (C=O) groups is 1. The molecule has 0 N–H and O–H groups in total. The first-order valence-corrected chi connectivity index (χ1v) is 8.43. The Kier molecular flexibility index (Phi) is 4.21. The molecule has 1 fully saturated rings. The fourth-order valence-electron chi connectivity index (χ4n) is 3.09. The summed E-state index contributed by atoms with van der Waals surface area (Å²) in [6.45, 7) is 0.673. The van der Waals surface area contributed by atoms with Crippen molar-refractivity contribution in [1.29, 1.82) is 0 Å². The molecule has 0 spiro atoms. The number of hydrogen-bond acceptors (Lipinski definition) is 4. The van der Waals surface area contributed by atoms with Gasteiger partial charge in [0.25, 0.3) is 0 Å². The second kappa shape index (κ2) is 6.81. The average molecular weight is 330 g/mol. The van der Waals surface area contributed by atoms with Crippen LogP contribution in [0.3, 0.4) is 0 Å². The number of benzene rings is 1. The lowest BCUT2D eigenvalue weighted by molar-refractivity contribution is -0.127. The maximum atomic E-state index is 12.0. The molecule has 0 aliphatic carbocycles. The van der Waals surface area contributed by atoms with Gasteiger partial charge in [-0.2, -0.15) is 5.10 Å². The average Bonchev–Trinajstić information content (AvgIpc) is 3.07. The molecule has 5 nitrogen and oxygen atoms in total. The molecule has 3 aromatic rings. The van der Waals surface area contributed by atoms with E-state index in [1.54, 1.807) is 11.2 Å². The summed E-state index contributed by atoms with van der Waals surface area (Å²) in [4.78, 5) is 20.8. The van der Waals surface area contributed by atoms with Crippen LogP contribution >= 0.6 is 0 Å². The number of fused-ring (bicyclic) bond motifs is 1. The highest BCUT2D eigenvalue weighted by Crippen LogP contribution is 2.19. The number of pyridine rings is 2. The van der Waals surface area contributed by atoms with Crippen LogP contribution in [0.4, 0.5) is 0 Å². The van der Waals surface area contributed by atoms with Gasteiger partial charge in [-0.25, -0.2) is 5.01 Å². The summed E-state index contributed by atoms with van der Waals surface area (Å²) in [6.07, 6.45) is 5.59. The molecule has 25 heavy (non-hydrogen) atoms. The molecule has 0 atom stereocenters. The number of amides is 1. The highest BCUT2D eigenvalue weighted by atomic mass is 16.2. The van der Waals surface area contributed by atoms with Gasteiger partial charge in [0.1, 0.15) is 0 Å². The molecule has 1 aliphatic rings. The highest BCUT2D eigenvalue weighted by molar-refractivity contribution is 6.02. The molecule has 3 heterocycles. The van der Waals surface area contributed by atoms with E-state index < -0.39 is 0 Å². The Morgan fingerprint density at radius 1 is 1.04 bits per heavy atom. The molecule has 1 saturated heterocycles. The van der Waals surface area contributed by atoms with Crippen molar-refractivity contribution in [3.63, 3.8) is 0 Å². The van der Waals surface area contributed by atoms with E-state index in [-0.39, 0.29) is 5.91 Å². The van der Waals surface area contributed by atoms with Gasteiger partial charge in [-0.3, -0.25) is 14.8 Å². The zero-order chi connectivity index (χ0) is 17.1. The number of carbonyl (C=O) groups excluding carboxylic acids is 1. The van der Waals surface area contributed by atoms with Crippen molar-refractivity contribution >= 4 is 22.5 Å². The molecule has 0 bridgehead atoms. The summed E-state index contributed by atoms with van der Waals surface area (Å²) in [5, 5.41) is 7.32. The molecule has 1 aromatic carbocycles. The number of nitrogens with zero attached hydrogens (tertiary/aromatic N) is 4. The van der Waals surface area contributed by atoms with Crippen molar-refractivity contribution < 1.29 is 4.79 Å². The summed E-state index contributed by atoms with van der Waals surface area (Å²) in [6, 6.07) is 15.8. The van der Waals surface area contributed by atoms with Crippen LogP contribution in [0.2, 0.25) is 0 Å². The summed E-state index contributed by atoms with van der Waals surface area (Å²) in [5.74, 6) is 0.0769. The topological polar surface area (TPSA) is 58.5 Å². The van der Waals surface area contributed by atoms with Gasteiger partial charge in [0.05, 0.1) is 16.9 Å². The zero-order valence-electron chi connectivity index (χ0n) is 13.8. The monoisotopic (exact) mass is 330 g/mol. The smallest absolute Gasteiger partial charge is 0.242 e. The van der Waals surface area contributed by atoms with E-state index >= 15 is 0 Å². The van der Waals surface area contributed by atoms with Crippen LogP contribution in [0.5, 0.6) is 0 Å². The van der Waals surface area contributed by atoms with Crippen molar-refractivity contribution in [2.45, 2.75) is 19.3 Å². The maximum absolute atomic E-state index is 12.0. The SMILES string of the molecule is O=C1CCCN1N=C(Cc1ccnc2ccccc12)c1ccccn1. The van der Waals surface area contributed by atoms with Gasteiger partial charge in [0.15, 0.2) is 0 Å². The molecule has 124 valence electrons. The molecule has 1 amide bonds. The Morgan fingerprint density at radius 2 is 1.92 bits per heavy atom. The van der Waals surface area contributed by atoms with E-state index in [1.165, 1.54) is 0 Å². The van der Waals surface area contributed by atoms with Crippen LogP contribution < -0.4 is 0 Å². The minimum absolute atomic E-state index is 0.0769. The van der Waals surface area contributed by atoms with E-state index in [0.717, 1.165) is 34.3 Å². The lowest BCUT2D eigenvalue weighted by Crippen LogP contribution is -2.22. The summed E-state index contributed by atoms with van der Waals surface area (Å²) >= 11 is 0. The lowest BCUT2D eigenvalue weighted by atomic mass is 10.0. The number of hydrazone groups is 1. The van der Waals surface area contributed by atoms with E-state index in [4.69, 9.17) is 0 Å². The number of rotatable bonds is 4. The second-order valence-electron chi connectivity index (χ2n) is 6.05. The fourth-order valence-corrected chi connectivity index (χ4v) is 3.09. The van der Waals surface area contributed by atoms with Gasteiger partial charge in [-0.05, 0) is 36.2 Å². The number of aromatic nitrogens is 2. The number of hydrogen-bond donors (Lipinski definition) is 0. The van der Waals surface area contributed by atoms with Gasteiger partial charge in [-0.1, -0.05) is 24.3 Å². The van der Waals surface area contributed by atoms with Crippen LogP contribution in [0.25, 0.3) is 10.9 Å². The Labute approximate surface area is 146 Å². The predicted molar refractivity (Wildman–Crippen MR) is 97.2 cm³/mol. The van der Waals surface area contributed by atoms with Crippen molar-refractivity contribution in [3.05, 3.63) is 72.2 Å². The Balaban J connectivity index is 1.76. The minimum Gasteiger partial charge on any atom is -0.273 e. The first-order valence-electron chi connectivity index (χ1n) is 8.43. The van der Waals surface area contributed by atoms with Gasteiger partial charge >= 0.3 is 0 Å². The molecule has 0 saturated carbocycles. The Bertz CT molecular complexity index is 931. The molecule has 1 aliphatic heterocycles. The largest absolute Gasteiger partial charge is 0.273 e. The molecule has 4 rings (SSSR count). The normalized spacial score (nSPS) is 15.1. The van der Waals surface area contributed by atoms with Gasteiger partial charge < -0.3 is 0 Å². The van der Waals surface area contributed by atoms with Crippen LogP contribution in [-0.4, -0.2) is 33.1 Å². The standard InChI is InChI=1S/C20H18N4O/c25-20-9-5-13-24(20)23-19(18-8-3-4-11-21-18)14-15-10-12-22-17-7-2-1-6-16(15)17/h1-4,6-8,10-12H,5,9,13-14H2. The molecule has 0 unspecified atom stereocenters. The van der Waals surface area contributed by atoms with E-state index in [2.05, 4.69) is 21.1 Å². The minimum atomic E-state index is 0.0769. The van der Waals surface area contributed by atoms with E-state index in [9.17, 15) is 4.79 Å². The molecular weight excluding hydrogens is 312 g/mol. The molecule has 5 heteroatoms. The third-order valence-corrected chi connectivity index (χ3v) is 4.35. The van der Waals surface area contributed by atoms with Gasteiger partial charge in [-0.15, -0.1) is 0 Å². The summed E-state index contributed by atoms with van der Waals surface area (Å²) in [5.41, 5.74) is 3.68. The van der Waals surface area contributed by atoms with Crippen LogP contribution in [-0.2, 0) is 11.2 Å². The third kappa shape index (κ3) is 3.26. The van der Waals surface area contributed by atoms with Crippen LogP contribution in [0.15, 0.2) is 66.0 Å². The van der Waals surface area contributed by atoms with Crippen LogP contribution in [0.1, 0.15) is 24.1 Å². The van der Waals surface area contributed by atoms with E-state index in [0.29, 0.717) is 19.4 Å². The maximum Gasteiger partial charge on any atom is 0.242 e. The zero-order valence-corrected chi connectivity index (χ0v) is 13.8. The first-order chi connectivity index (χ1) is 12.3. The van der Waals surface area contributed by atoms with Crippen molar-refractivity contribution in [1.82, 2.24) is 15.0 Å². The quantitative estimate of drug-likeness (QED) is 0.690. The lowest BCUT2D eigenvalue weighted by Gasteiger charge is -2.13. The summed E-state index contributed by atoms with van der Waals surface area (Å²) < 4.78 is 0. The van der Waals surface area contributed by atoms with Gasteiger partial charge in [0, 0.05) is 37.2 Å². The van der Waals surface area contributed by atoms with Crippen molar-refractivity contribution in [2.24, 2.45) is 5.10 Å². The second-order valence-corrected chi connectivity index (χ2v) is 6.05. The summed E-state index contributed by atoms with van der Waals surface area (Å²) in [7, 11) is 0. The van der Waals surface area contributed by atoms with Crippen molar-refractivity contribution in [2.75, 3.05) is 6.54 Å². The molecular formula is C20H18N4O. The van der Waals surface area contributed by atoms with Crippen LogP contribution in [0, 0.1) is 0 Å². The Hall–Kier alpha value is -3.08. The third-order valence-electron chi connectivity index (χ3n) is 4.35. The fraction of sp³-hybridized carbons (Fsp3) is 0.200. The predicted octanol–water partition coefficient (Wildman–Crippen LogP) is 3.20. The van der Waals surface area contributed by atoms with Crippen molar-refractivity contribution in [3.8, 4) is 0 Å². The van der Waals surface area contributed by atoms with Gasteiger partial charge in [0.2, 0.25) is 5.91 Å². The van der Waals surface area contributed by atoms with E-state index in [1.807, 2.05) is 48.7 Å². The molecule has 2 aromatic heterocycles. The Morgan fingerprint density at radius 3 is 2.72 bits per heavy atom. The highest BCUT2D eigenvalue weighted by Gasteiger charge is 2.21. The first kappa shape index (κ1) is 15.4.